The SMILES string of the molecule is O=C(O)c1ccc(C=CC(c2cc(Br)cc(Br)c2)C(F)(F)C(F)(F)F)cc1Cl. The molecule has 2 nitrogen and oxygen atoms in total. The van der Waals surface area contributed by atoms with Gasteiger partial charge >= 0.3 is 18.1 Å². The standard InChI is InChI=1S/C18H10Br2ClF5O2/c19-11-6-10(7-12(20)8-11)14(17(22,23)18(24,25)26)4-2-9-1-3-13(16(27)28)15(21)5-9/h1-8,14H,(H,27,28). The Morgan fingerprint density at radius 2 is 1.61 bits per heavy atom. The van der Waals surface area contributed by atoms with Crippen LogP contribution < -0.4 is 0 Å². The largest absolute Gasteiger partial charge is 0.478 e. The van der Waals surface area contributed by atoms with Gasteiger partial charge in [0.1, 0.15) is 0 Å². The molecule has 0 saturated heterocycles. The fourth-order valence-corrected chi connectivity index (χ4v) is 3.99. The van der Waals surface area contributed by atoms with Crippen LogP contribution in [0.25, 0.3) is 6.08 Å². The maximum Gasteiger partial charge on any atom is 0.454 e. The Hall–Kier alpha value is -1.45. The second-order valence-electron chi connectivity index (χ2n) is 5.70. The lowest BCUT2D eigenvalue weighted by Crippen LogP contribution is -2.41. The van der Waals surface area contributed by atoms with Crippen LogP contribution in [-0.4, -0.2) is 23.2 Å². The summed E-state index contributed by atoms with van der Waals surface area (Å²) in [7, 11) is 0. The van der Waals surface area contributed by atoms with Gasteiger partial charge in [0.2, 0.25) is 0 Å². The van der Waals surface area contributed by atoms with Crippen LogP contribution in [0.3, 0.4) is 0 Å². The van der Waals surface area contributed by atoms with Crippen LogP contribution >= 0.6 is 43.5 Å². The molecule has 0 aliphatic rings. The van der Waals surface area contributed by atoms with E-state index in [1.807, 2.05) is 0 Å². The number of carbonyl (C=O) groups is 1. The lowest BCUT2D eigenvalue weighted by Gasteiger charge is -2.27. The molecule has 0 aliphatic heterocycles. The van der Waals surface area contributed by atoms with E-state index in [1.165, 1.54) is 30.3 Å². The number of allylic oxidation sites excluding steroid dienone is 1. The second kappa shape index (κ2) is 8.51. The number of hydrogen-bond acceptors (Lipinski definition) is 1. The summed E-state index contributed by atoms with van der Waals surface area (Å²) in [5.41, 5.74) is -0.313. The van der Waals surface area contributed by atoms with Crippen LogP contribution in [0.5, 0.6) is 0 Å². The predicted octanol–water partition coefficient (Wildman–Crippen LogP) is 7.56. The molecule has 2 aromatic rings. The number of aromatic carboxylic acids is 1. The molecule has 0 fully saturated rings. The van der Waals surface area contributed by atoms with Gasteiger partial charge in [0.15, 0.2) is 0 Å². The molecule has 0 spiro atoms. The summed E-state index contributed by atoms with van der Waals surface area (Å²) >= 11 is 11.9. The maximum atomic E-state index is 14.2. The molecule has 1 N–H and O–H groups in total. The topological polar surface area (TPSA) is 37.3 Å². The van der Waals surface area contributed by atoms with Gasteiger partial charge in [0.25, 0.3) is 0 Å². The van der Waals surface area contributed by atoms with Gasteiger partial charge in [0.05, 0.1) is 16.5 Å². The number of benzene rings is 2. The molecule has 1 unspecified atom stereocenters. The highest BCUT2D eigenvalue weighted by atomic mass is 79.9. The highest BCUT2D eigenvalue weighted by Gasteiger charge is 2.61. The summed E-state index contributed by atoms with van der Waals surface area (Å²) in [4.78, 5) is 11.0. The predicted molar refractivity (Wildman–Crippen MR) is 103 cm³/mol. The molecule has 0 saturated carbocycles. The Labute approximate surface area is 178 Å². The Bertz CT molecular complexity index is 908. The van der Waals surface area contributed by atoms with Crippen molar-refractivity contribution in [1.82, 2.24) is 0 Å². The molecule has 0 amide bonds. The summed E-state index contributed by atoms with van der Waals surface area (Å²) in [5, 5.41) is 8.77. The maximum absolute atomic E-state index is 14.2. The van der Waals surface area contributed by atoms with Gasteiger partial charge in [0, 0.05) is 8.95 Å². The van der Waals surface area contributed by atoms with Gasteiger partial charge in [-0.05, 0) is 41.5 Å². The molecule has 1 atom stereocenters. The number of halogens is 8. The third kappa shape index (κ3) is 5.12. The van der Waals surface area contributed by atoms with Crippen molar-refractivity contribution in [3.05, 3.63) is 73.1 Å². The van der Waals surface area contributed by atoms with Crippen LogP contribution in [0.1, 0.15) is 27.4 Å². The van der Waals surface area contributed by atoms with Crippen molar-refractivity contribution in [3.8, 4) is 0 Å². The van der Waals surface area contributed by atoms with Gasteiger partial charge in [-0.1, -0.05) is 61.7 Å². The van der Waals surface area contributed by atoms with E-state index in [0.29, 0.717) is 15.0 Å². The molecular weight excluding hydrogens is 538 g/mol. The minimum Gasteiger partial charge on any atom is -0.478 e. The lowest BCUT2D eigenvalue weighted by atomic mass is 9.91. The number of alkyl halides is 5. The first-order valence-electron chi connectivity index (χ1n) is 7.44. The zero-order valence-corrected chi connectivity index (χ0v) is 17.5. The first kappa shape index (κ1) is 22.8. The molecular formula is C18H10Br2ClF5O2. The van der Waals surface area contributed by atoms with E-state index >= 15 is 0 Å². The quantitative estimate of drug-likeness (QED) is 0.392. The van der Waals surface area contributed by atoms with Crippen molar-refractivity contribution < 1.29 is 31.9 Å². The monoisotopic (exact) mass is 546 g/mol. The molecule has 0 bridgehead atoms. The fourth-order valence-electron chi connectivity index (χ4n) is 2.39. The summed E-state index contributed by atoms with van der Waals surface area (Å²) in [6.07, 6.45) is -4.02. The van der Waals surface area contributed by atoms with Crippen LogP contribution in [0.2, 0.25) is 5.02 Å². The Morgan fingerprint density at radius 1 is 1.04 bits per heavy atom. The average molecular weight is 549 g/mol. The third-order valence-corrected chi connectivity index (χ3v) is 4.95. The van der Waals surface area contributed by atoms with Gasteiger partial charge in [-0.3, -0.25) is 0 Å². The van der Waals surface area contributed by atoms with Crippen molar-refractivity contribution in [1.29, 1.82) is 0 Å². The molecule has 10 heteroatoms. The van der Waals surface area contributed by atoms with Crippen LogP contribution in [0.15, 0.2) is 51.4 Å². The second-order valence-corrected chi connectivity index (χ2v) is 7.94. The molecule has 150 valence electrons. The molecule has 2 rings (SSSR count). The zero-order chi connectivity index (χ0) is 21.3. The van der Waals surface area contributed by atoms with E-state index in [0.717, 1.165) is 12.1 Å². The normalized spacial score (nSPS) is 13.7. The minimum atomic E-state index is -5.78. The number of carboxylic acid groups (broad SMARTS) is 1. The van der Waals surface area contributed by atoms with E-state index in [4.69, 9.17) is 16.7 Å². The van der Waals surface area contributed by atoms with E-state index in [9.17, 15) is 26.7 Å². The molecule has 2 aromatic carbocycles. The molecule has 0 heterocycles. The van der Waals surface area contributed by atoms with E-state index in [2.05, 4.69) is 31.9 Å². The molecule has 28 heavy (non-hydrogen) atoms. The van der Waals surface area contributed by atoms with Crippen molar-refractivity contribution in [2.75, 3.05) is 0 Å². The summed E-state index contributed by atoms with van der Waals surface area (Å²) < 4.78 is 68.0. The Morgan fingerprint density at radius 3 is 2.07 bits per heavy atom. The lowest BCUT2D eigenvalue weighted by molar-refractivity contribution is -0.286. The summed E-state index contributed by atoms with van der Waals surface area (Å²) in [5.74, 6) is -8.66. The highest BCUT2D eigenvalue weighted by Crippen LogP contribution is 2.47. The smallest absolute Gasteiger partial charge is 0.454 e. The Kier molecular flexibility index (Phi) is 6.94. The fraction of sp³-hybridized carbons (Fsp3) is 0.167. The first-order valence-corrected chi connectivity index (χ1v) is 9.41. The molecule has 0 aliphatic carbocycles. The van der Waals surface area contributed by atoms with Gasteiger partial charge in [-0.2, -0.15) is 22.0 Å². The van der Waals surface area contributed by atoms with Crippen molar-refractivity contribution in [2.24, 2.45) is 0 Å². The van der Waals surface area contributed by atoms with E-state index in [-0.39, 0.29) is 21.7 Å². The average Bonchev–Trinajstić information content (AvgIpc) is 2.52. The van der Waals surface area contributed by atoms with Crippen LogP contribution in [-0.2, 0) is 0 Å². The van der Waals surface area contributed by atoms with Gasteiger partial charge in [-0.25, -0.2) is 4.79 Å². The number of carboxylic acids is 1. The van der Waals surface area contributed by atoms with Crippen LogP contribution in [0.4, 0.5) is 22.0 Å². The van der Waals surface area contributed by atoms with Gasteiger partial charge < -0.3 is 5.11 Å². The highest BCUT2D eigenvalue weighted by molar-refractivity contribution is 9.11. The van der Waals surface area contributed by atoms with Crippen molar-refractivity contribution in [3.63, 3.8) is 0 Å². The van der Waals surface area contributed by atoms with E-state index < -0.39 is 24.0 Å². The molecule has 0 aromatic heterocycles. The number of rotatable bonds is 5. The van der Waals surface area contributed by atoms with Crippen molar-refractivity contribution in [2.45, 2.75) is 18.0 Å². The number of hydrogen-bond donors (Lipinski definition) is 1. The summed E-state index contributed by atoms with van der Waals surface area (Å²) in [6, 6.07) is 7.39. The minimum absolute atomic E-state index is 0.168. The van der Waals surface area contributed by atoms with Gasteiger partial charge in [-0.15, -0.1) is 0 Å². The molecule has 0 radical (unpaired) electrons. The van der Waals surface area contributed by atoms with E-state index in [1.54, 1.807) is 0 Å². The first-order chi connectivity index (χ1) is 12.8. The van der Waals surface area contributed by atoms with Crippen molar-refractivity contribution >= 4 is 55.5 Å². The van der Waals surface area contributed by atoms with Crippen LogP contribution in [0, 0.1) is 0 Å². The summed E-state index contributed by atoms with van der Waals surface area (Å²) in [6.45, 7) is 0. The zero-order valence-electron chi connectivity index (χ0n) is 13.6. The third-order valence-electron chi connectivity index (χ3n) is 3.72. The Balaban J connectivity index is 2.52.